The fourth-order valence-electron chi connectivity index (χ4n) is 2.85. The Hall–Kier alpha value is -1.44. The van der Waals surface area contributed by atoms with Crippen LogP contribution in [0.25, 0.3) is 0 Å². The van der Waals surface area contributed by atoms with Crippen molar-refractivity contribution in [2.75, 3.05) is 32.4 Å². The zero-order valence-corrected chi connectivity index (χ0v) is 14.5. The zero-order valence-electron chi connectivity index (χ0n) is 13.7. The highest BCUT2D eigenvalue weighted by Crippen LogP contribution is 2.22. The molecular weight excluding hydrogens is 314 g/mol. The molecule has 128 valence electrons. The van der Waals surface area contributed by atoms with Crippen LogP contribution in [0.1, 0.15) is 24.9 Å². The molecule has 1 heterocycles. The Morgan fingerprint density at radius 1 is 1.13 bits per heavy atom. The van der Waals surface area contributed by atoms with E-state index in [1.165, 1.54) is 10.6 Å². The summed E-state index contributed by atoms with van der Waals surface area (Å²) in [6, 6.07) is 9.20. The summed E-state index contributed by atoms with van der Waals surface area (Å²) in [7, 11) is -3.21. The summed E-state index contributed by atoms with van der Waals surface area (Å²) in [4.78, 5) is 14.4. The van der Waals surface area contributed by atoms with E-state index in [2.05, 4.69) is 0 Å². The molecule has 0 spiro atoms. The molecule has 0 aliphatic carbocycles. The Bertz CT molecular complexity index is 633. The van der Waals surface area contributed by atoms with Crippen LogP contribution < -0.4 is 5.73 Å². The van der Waals surface area contributed by atoms with Crippen LogP contribution in [0.2, 0.25) is 0 Å². The van der Waals surface area contributed by atoms with Crippen LogP contribution in [0.5, 0.6) is 0 Å². The number of nitrogens with two attached hydrogens (primary N) is 1. The van der Waals surface area contributed by atoms with Gasteiger partial charge in [0.2, 0.25) is 15.9 Å². The van der Waals surface area contributed by atoms with Crippen LogP contribution in [-0.2, 0) is 14.8 Å². The number of benzene rings is 1. The number of nitrogens with zero attached hydrogens (tertiary/aromatic N) is 2. The first-order chi connectivity index (χ1) is 10.8. The summed E-state index contributed by atoms with van der Waals surface area (Å²) in [5.74, 6) is -0.362. The third-order valence-corrected chi connectivity index (χ3v) is 5.65. The van der Waals surface area contributed by atoms with Gasteiger partial charge >= 0.3 is 0 Å². The van der Waals surface area contributed by atoms with Crippen molar-refractivity contribution in [3.8, 4) is 0 Å². The highest BCUT2D eigenvalue weighted by atomic mass is 32.2. The van der Waals surface area contributed by atoms with E-state index in [9.17, 15) is 13.2 Å². The van der Waals surface area contributed by atoms with Gasteiger partial charge in [0.1, 0.15) is 0 Å². The SMILES string of the molecule is CC(C(=O)N1CCCN(S(C)(=O)=O)CC1)C(N)c1ccccc1. The van der Waals surface area contributed by atoms with E-state index in [1.807, 2.05) is 37.3 Å². The van der Waals surface area contributed by atoms with Crippen molar-refractivity contribution < 1.29 is 13.2 Å². The Morgan fingerprint density at radius 2 is 1.78 bits per heavy atom. The molecule has 2 unspecified atom stereocenters. The number of amides is 1. The molecule has 0 bridgehead atoms. The second kappa shape index (κ2) is 7.42. The maximum absolute atomic E-state index is 12.7. The van der Waals surface area contributed by atoms with Crippen LogP contribution in [0.15, 0.2) is 30.3 Å². The second-order valence-corrected chi connectivity index (χ2v) is 8.05. The quantitative estimate of drug-likeness (QED) is 0.880. The molecule has 1 aromatic rings. The third kappa shape index (κ3) is 4.53. The van der Waals surface area contributed by atoms with Crippen molar-refractivity contribution in [3.05, 3.63) is 35.9 Å². The minimum absolute atomic E-state index is 0.0169. The highest BCUT2D eigenvalue weighted by molar-refractivity contribution is 7.88. The van der Waals surface area contributed by atoms with Crippen molar-refractivity contribution in [1.82, 2.24) is 9.21 Å². The third-order valence-electron chi connectivity index (χ3n) is 4.35. The summed E-state index contributed by atoms with van der Waals surface area (Å²) >= 11 is 0. The lowest BCUT2D eigenvalue weighted by Crippen LogP contribution is -2.41. The van der Waals surface area contributed by atoms with Crippen LogP contribution in [0.3, 0.4) is 0 Å². The molecule has 6 nitrogen and oxygen atoms in total. The zero-order chi connectivity index (χ0) is 17.0. The molecule has 2 N–H and O–H groups in total. The predicted octanol–water partition coefficient (Wildman–Crippen LogP) is 0.816. The van der Waals surface area contributed by atoms with Crippen molar-refractivity contribution in [2.45, 2.75) is 19.4 Å². The summed E-state index contributed by atoms with van der Waals surface area (Å²) in [5.41, 5.74) is 7.16. The number of rotatable bonds is 4. The van der Waals surface area contributed by atoms with Gasteiger partial charge in [-0.3, -0.25) is 4.79 Å². The van der Waals surface area contributed by atoms with Crippen LogP contribution in [0.4, 0.5) is 0 Å². The molecule has 1 aliphatic rings. The minimum Gasteiger partial charge on any atom is -0.341 e. The Kier molecular flexibility index (Phi) is 5.78. The fraction of sp³-hybridized carbons (Fsp3) is 0.562. The number of hydrogen-bond donors (Lipinski definition) is 1. The van der Waals surface area contributed by atoms with Crippen molar-refractivity contribution in [1.29, 1.82) is 0 Å². The first-order valence-corrected chi connectivity index (χ1v) is 9.70. The molecule has 0 aromatic heterocycles. The van der Waals surface area contributed by atoms with E-state index in [0.29, 0.717) is 32.6 Å². The second-order valence-electron chi connectivity index (χ2n) is 6.07. The maximum atomic E-state index is 12.7. The lowest BCUT2D eigenvalue weighted by molar-refractivity contribution is -0.135. The topological polar surface area (TPSA) is 83.7 Å². The van der Waals surface area contributed by atoms with E-state index in [1.54, 1.807) is 4.90 Å². The molecule has 0 radical (unpaired) electrons. The molecule has 1 amide bonds. The van der Waals surface area contributed by atoms with Gasteiger partial charge in [-0.15, -0.1) is 0 Å². The standard InChI is InChI=1S/C16H25N3O3S/c1-13(15(17)14-7-4-3-5-8-14)16(20)18-9-6-10-19(12-11-18)23(2,21)22/h3-5,7-8,13,15H,6,9-12,17H2,1-2H3. The molecule has 1 saturated heterocycles. The van der Waals surface area contributed by atoms with Crippen molar-refractivity contribution >= 4 is 15.9 Å². The molecule has 23 heavy (non-hydrogen) atoms. The van der Waals surface area contributed by atoms with E-state index in [-0.39, 0.29) is 17.9 Å². The monoisotopic (exact) mass is 339 g/mol. The average Bonchev–Trinajstić information content (AvgIpc) is 2.79. The van der Waals surface area contributed by atoms with Gasteiger partial charge in [0.05, 0.1) is 12.2 Å². The smallest absolute Gasteiger partial charge is 0.227 e. The molecule has 1 aromatic carbocycles. The fourth-order valence-corrected chi connectivity index (χ4v) is 3.73. The molecule has 1 aliphatic heterocycles. The maximum Gasteiger partial charge on any atom is 0.227 e. The largest absolute Gasteiger partial charge is 0.341 e. The van der Waals surface area contributed by atoms with E-state index < -0.39 is 10.0 Å². The molecule has 0 saturated carbocycles. The van der Waals surface area contributed by atoms with Gasteiger partial charge in [-0.2, -0.15) is 0 Å². The lowest BCUT2D eigenvalue weighted by atomic mass is 9.94. The van der Waals surface area contributed by atoms with E-state index in [4.69, 9.17) is 5.73 Å². The Balaban J connectivity index is 2.02. The normalized spacial score (nSPS) is 19.9. The number of hydrogen-bond acceptors (Lipinski definition) is 4. The highest BCUT2D eigenvalue weighted by Gasteiger charge is 2.29. The lowest BCUT2D eigenvalue weighted by Gasteiger charge is -2.27. The van der Waals surface area contributed by atoms with Gasteiger partial charge < -0.3 is 10.6 Å². The van der Waals surface area contributed by atoms with Crippen LogP contribution >= 0.6 is 0 Å². The van der Waals surface area contributed by atoms with Gasteiger partial charge in [-0.25, -0.2) is 12.7 Å². The molecule has 7 heteroatoms. The molecule has 2 atom stereocenters. The van der Waals surface area contributed by atoms with Crippen molar-refractivity contribution in [2.24, 2.45) is 11.7 Å². The summed E-state index contributed by atoms with van der Waals surface area (Å²) in [5, 5.41) is 0. The molecule has 2 rings (SSSR count). The van der Waals surface area contributed by atoms with Crippen LogP contribution in [-0.4, -0.2) is 56.0 Å². The average molecular weight is 339 g/mol. The first kappa shape index (κ1) is 17.9. The van der Waals surface area contributed by atoms with Gasteiger partial charge in [0, 0.05) is 32.2 Å². The summed E-state index contributed by atoms with van der Waals surface area (Å²) < 4.78 is 24.7. The number of carbonyl (C=O) groups excluding carboxylic acids is 1. The first-order valence-electron chi connectivity index (χ1n) is 7.85. The number of sulfonamides is 1. The molecule has 1 fully saturated rings. The Morgan fingerprint density at radius 3 is 2.39 bits per heavy atom. The van der Waals surface area contributed by atoms with Crippen LogP contribution in [0, 0.1) is 5.92 Å². The van der Waals surface area contributed by atoms with Gasteiger partial charge in [-0.05, 0) is 12.0 Å². The van der Waals surface area contributed by atoms with Gasteiger partial charge in [-0.1, -0.05) is 37.3 Å². The summed E-state index contributed by atoms with van der Waals surface area (Å²) in [6.45, 7) is 3.62. The van der Waals surface area contributed by atoms with Gasteiger partial charge in [0.25, 0.3) is 0 Å². The minimum atomic E-state index is -3.21. The predicted molar refractivity (Wildman–Crippen MR) is 90.1 cm³/mol. The summed E-state index contributed by atoms with van der Waals surface area (Å²) in [6.07, 6.45) is 1.85. The Labute approximate surface area is 138 Å². The number of carbonyl (C=O) groups is 1. The van der Waals surface area contributed by atoms with Gasteiger partial charge in [0.15, 0.2) is 0 Å². The van der Waals surface area contributed by atoms with E-state index >= 15 is 0 Å². The molecular formula is C16H25N3O3S. The van der Waals surface area contributed by atoms with E-state index in [0.717, 1.165) is 5.56 Å². The van der Waals surface area contributed by atoms with Crippen molar-refractivity contribution in [3.63, 3.8) is 0 Å².